The standard InChI is InChI=1S/C14H25N3O5Si/c1-3-8(4-2)23-22-12-9(7-18)21-13(11(12)19)17-6-5-10(15)16-14(17)20/h5-6,8-9,11-13,18-19H,3-4,7,23H2,1-2H3,(H2,15,16,20). The van der Waals surface area contributed by atoms with Crippen LogP contribution < -0.4 is 11.4 Å². The second-order valence-corrected chi connectivity index (χ2v) is 7.58. The van der Waals surface area contributed by atoms with E-state index in [2.05, 4.69) is 18.8 Å². The fraction of sp³-hybridized carbons (Fsp3) is 0.714. The second kappa shape index (κ2) is 8.02. The lowest BCUT2D eigenvalue weighted by Gasteiger charge is -2.22. The van der Waals surface area contributed by atoms with E-state index in [1.54, 1.807) is 0 Å². The maximum Gasteiger partial charge on any atom is 0.351 e. The monoisotopic (exact) mass is 343 g/mol. The molecule has 130 valence electrons. The molecule has 0 spiro atoms. The number of aliphatic hydroxyl groups is 2. The van der Waals surface area contributed by atoms with Crippen molar-refractivity contribution in [2.45, 2.75) is 56.8 Å². The predicted octanol–water partition coefficient (Wildman–Crippen LogP) is -0.846. The number of nitrogens with zero attached hydrogens (tertiary/aromatic N) is 2. The molecule has 9 heteroatoms. The number of ether oxygens (including phenoxy) is 1. The van der Waals surface area contributed by atoms with Gasteiger partial charge in [0.15, 0.2) is 16.0 Å². The SMILES string of the molecule is CCC(CC)[SiH2]OC1C(CO)OC(n2ccc(N)nc2=O)C1O. The smallest absolute Gasteiger partial charge is 0.351 e. The summed E-state index contributed by atoms with van der Waals surface area (Å²) in [5.41, 5.74) is 5.37. The molecule has 1 aromatic heterocycles. The van der Waals surface area contributed by atoms with Crippen LogP contribution >= 0.6 is 0 Å². The van der Waals surface area contributed by atoms with Crippen molar-refractivity contribution in [2.75, 3.05) is 12.3 Å². The average molecular weight is 343 g/mol. The highest BCUT2D eigenvalue weighted by molar-refractivity contribution is 6.29. The molecule has 0 aromatic carbocycles. The molecule has 4 N–H and O–H groups in total. The van der Waals surface area contributed by atoms with E-state index < -0.39 is 40.0 Å². The van der Waals surface area contributed by atoms with Gasteiger partial charge in [-0.1, -0.05) is 26.7 Å². The number of nitrogen functional groups attached to an aromatic ring is 1. The molecule has 0 radical (unpaired) electrons. The molecule has 1 fully saturated rings. The van der Waals surface area contributed by atoms with Gasteiger partial charge in [-0.2, -0.15) is 4.98 Å². The fourth-order valence-electron chi connectivity index (χ4n) is 2.69. The van der Waals surface area contributed by atoms with Gasteiger partial charge < -0.3 is 25.1 Å². The van der Waals surface area contributed by atoms with Crippen LogP contribution in [0.5, 0.6) is 0 Å². The van der Waals surface area contributed by atoms with Crippen molar-refractivity contribution in [2.24, 2.45) is 0 Å². The summed E-state index contributed by atoms with van der Waals surface area (Å²) in [5, 5.41) is 20.0. The van der Waals surface area contributed by atoms with Crippen molar-refractivity contribution in [3.8, 4) is 0 Å². The highest BCUT2D eigenvalue weighted by Crippen LogP contribution is 2.31. The molecule has 1 saturated heterocycles. The first kappa shape index (κ1) is 18.1. The number of anilines is 1. The normalized spacial score (nSPS) is 28.2. The van der Waals surface area contributed by atoms with Crippen LogP contribution in [0.25, 0.3) is 0 Å². The van der Waals surface area contributed by atoms with E-state index in [1.807, 2.05) is 0 Å². The van der Waals surface area contributed by atoms with E-state index >= 15 is 0 Å². The Hall–Kier alpha value is -1.26. The Bertz CT molecular complexity index is 566. The van der Waals surface area contributed by atoms with Crippen LogP contribution in [0.2, 0.25) is 5.54 Å². The summed E-state index contributed by atoms with van der Waals surface area (Å²) < 4.78 is 12.7. The van der Waals surface area contributed by atoms with Gasteiger partial charge in [0.2, 0.25) is 0 Å². The van der Waals surface area contributed by atoms with Crippen molar-refractivity contribution < 1.29 is 19.4 Å². The number of aromatic nitrogens is 2. The van der Waals surface area contributed by atoms with Gasteiger partial charge in [0.05, 0.1) is 6.61 Å². The van der Waals surface area contributed by atoms with Crippen LogP contribution in [-0.4, -0.2) is 54.4 Å². The van der Waals surface area contributed by atoms with Crippen LogP contribution in [-0.2, 0) is 9.16 Å². The van der Waals surface area contributed by atoms with Crippen molar-refractivity contribution in [1.82, 2.24) is 9.55 Å². The van der Waals surface area contributed by atoms with Crippen LogP contribution in [0.4, 0.5) is 5.82 Å². The van der Waals surface area contributed by atoms with Gasteiger partial charge in [0, 0.05) is 6.20 Å². The molecule has 1 aliphatic heterocycles. The number of hydrogen-bond acceptors (Lipinski definition) is 7. The van der Waals surface area contributed by atoms with Crippen molar-refractivity contribution in [3.05, 3.63) is 22.7 Å². The third-order valence-electron chi connectivity index (χ3n) is 4.29. The van der Waals surface area contributed by atoms with Gasteiger partial charge in [-0.05, 0) is 11.6 Å². The summed E-state index contributed by atoms with van der Waals surface area (Å²) in [7, 11) is -0.870. The van der Waals surface area contributed by atoms with Crippen molar-refractivity contribution in [1.29, 1.82) is 0 Å². The molecule has 8 nitrogen and oxygen atoms in total. The molecular weight excluding hydrogens is 318 g/mol. The summed E-state index contributed by atoms with van der Waals surface area (Å²) in [6.45, 7) is 3.93. The zero-order valence-corrected chi connectivity index (χ0v) is 14.9. The predicted molar refractivity (Wildman–Crippen MR) is 87.7 cm³/mol. The van der Waals surface area contributed by atoms with E-state index in [4.69, 9.17) is 14.9 Å². The molecule has 2 heterocycles. The summed E-state index contributed by atoms with van der Waals surface area (Å²) in [4.78, 5) is 15.5. The Morgan fingerprint density at radius 3 is 2.78 bits per heavy atom. The van der Waals surface area contributed by atoms with E-state index in [-0.39, 0.29) is 12.4 Å². The van der Waals surface area contributed by atoms with Gasteiger partial charge in [-0.3, -0.25) is 4.57 Å². The zero-order valence-electron chi connectivity index (χ0n) is 13.5. The highest BCUT2D eigenvalue weighted by Gasteiger charge is 2.45. The minimum absolute atomic E-state index is 0.103. The van der Waals surface area contributed by atoms with Crippen LogP contribution in [0.3, 0.4) is 0 Å². The molecule has 0 aliphatic carbocycles. The maximum atomic E-state index is 11.9. The van der Waals surface area contributed by atoms with Gasteiger partial charge in [-0.15, -0.1) is 0 Å². The third-order valence-corrected chi connectivity index (χ3v) is 6.50. The zero-order chi connectivity index (χ0) is 17.0. The first-order chi connectivity index (χ1) is 11.0. The molecule has 4 unspecified atom stereocenters. The lowest BCUT2D eigenvalue weighted by atomic mass is 10.1. The lowest BCUT2D eigenvalue weighted by Crippen LogP contribution is -2.39. The first-order valence-electron chi connectivity index (χ1n) is 7.92. The minimum atomic E-state index is -1.04. The number of hydrogen-bond donors (Lipinski definition) is 3. The van der Waals surface area contributed by atoms with Crippen LogP contribution in [0.15, 0.2) is 17.1 Å². The minimum Gasteiger partial charge on any atom is -0.415 e. The van der Waals surface area contributed by atoms with E-state index in [0.29, 0.717) is 5.54 Å². The Kier molecular flexibility index (Phi) is 6.30. The Balaban J connectivity index is 2.14. The quantitative estimate of drug-likeness (QED) is 0.552. The molecule has 23 heavy (non-hydrogen) atoms. The molecule has 1 aromatic rings. The van der Waals surface area contributed by atoms with E-state index in [9.17, 15) is 15.0 Å². The lowest BCUT2D eigenvalue weighted by molar-refractivity contribution is -0.0543. The molecule has 2 rings (SSSR count). The molecule has 1 aliphatic rings. The summed E-state index contributed by atoms with van der Waals surface area (Å²) in [5.74, 6) is 0.103. The summed E-state index contributed by atoms with van der Waals surface area (Å²) in [6, 6.07) is 1.46. The topological polar surface area (TPSA) is 120 Å². The van der Waals surface area contributed by atoms with Crippen LogP contribution in [0, 0.1) is 0 Å². The third kappa shape index (κ3) is 3.99. The fourth-order valence-corrected chi connectivity index (χ4v) is 4.07. The van der Waals surface area contributed by atoms with Gasteiger partial charge in [-0.25, -0.2) is 4.79 Å². The Morgan fingerprint density at radius 1 is 1.52 bits per heavy atom. The Morgan fingerprint density at radius 2 is 2.22 bits per heavy atom. The van der Waals surface area contributed by atoms with E-state index in [0.717, 1.165) is 12.8 Å². The summed E-state index contributed by atoms with van der Waals surface area (Å²) >= 11 is 0. The maximum absolute atomic E-state index is 11.9. The van der Waals surface area contributed by atoms with Crippen molar-refractivity contribution >= 4 is 15.6 Å². The Labute approximate surface area is 137 Å². The number of rotatable bonds is 7. The molecule has 0 amide bonds. The van der Waals surface area contributed by atoms with Crippen LogP contribution in [0.1, 0.15) is 32.9 Å². The van der Waals surface area contributed by atoms with Gasteiger partial charge in [0.25, 0.3) is 0 Å². The number of aliphatic hydroxyl groups excluding tert-OH is 2. The molecule has 4 atom stereocenters. The molecule has 0 bridgehead atoms. The van der Waals surface area contributed by atoms with Crippen molar-refractivity contribution in [3.63, 3.8) is 0 Å². The highest BCUT2D eigenvalue weighted by atomic mass is 28.2. The average Bonchev–Trinajstić information content (AvgIpc) is 2.85. The largest absolute Gasteiger partial charge is 0.415 e. The van der Waals surface area contributed by atoms with Gasteiger partial charge >= 0.3 is 5.69 Å². The first-order valence-corrected chi connectivity index (χ1v) is 9.31. The summed E-state index contributed by atoms with van der Waals surface area (Å²) in [6.07, 6.45) is 0.198. The molecule has 0 saturated carbocycles. The second-order valence-electron chi connectivity index (χ2n) is 5.76. The number of nitrogens with two attached hydrogens (primary N) is 1. The molecular formula is C14H25N3O5Si. The van der Waals surface area contributed by atoms with Gasteiger partial charge in [0.1, 0.15) is 24.1 Å². The van der Waals surface area contributed by atoms with E-state index in [1.165, 1.54) is 16.8 Å².